The third kappa shape index (κ3) is 4.15. The quantitative estimate of drug-likeness (QED) is 0.690. The van der Waals surface area contributed by atoms with Gasteiger partial charge in [0.2, 0.25) is 5.91 Å². The first kappa shape index (κ1) is 18.2. The molecule has 1 heterocycles. The van der Waals surface area contributed by atoms with Crippen molar-refractivity contribution in [1.82, 2.24) is 10.2 Å². The van der Waals surface area contributed by atoms with Crippen LogP contribution < -0.4 is 10.1 Å². The van der Waals surface area contributed by atoms with Crippen molar-refractivity contribution >= 4 is 35.1 Å². The highest BCUT2D eigenvalue weighted by Gasteiger charge is 2.15. The SMILES string of the molecule is COc1ccc(CC(=O)Nc2nnc(-c3cc(Cl)ccc3Cl)o2)cc1C. The van der Waals surface area contributed by atoms with Gasteiger partial charge in [0.25, 0.3) is 5.89 Å². The molecule has 0 unspecified atom stereocenters. The summed E-state index contributed by atoms with van der Waals surface area (Å²) in [6.45, 7) is 1.92. The molecule has 0 saturated heterocycles. The van der Waals surface area contributed by atoms with Crippen LogP contribution >= 0.6 is 23.2 Å². The van der Waals surface area contributed by atoms with Crippen LogP contribution in [0, 0.1) is 6.92 Å². The lowest BCUT2D eigenvalue weighted by Crippen LogP contribution is -2.14. The Morgan fingerprint density at radius 2 is 2.00 bits per heavy atom. The lowest BCUT2D eigenvalue weighted by molar-refractivity contribution is -0.115. The van der Waals surface area contributed by atoms with E-state index >= 15 is 0 Å². The van der Waals surface area contributed by atoms with Crippen LogP contribution in [-0.4, -0.2) is 23.2 Å². The standard InChI is InChI=1S/C18H15Cl2N3O3/c1-10-7-11(3-6-15(10)25-2)8-16(24)21-18-23-22-17(26-18)13-9-12(19)4-5-14(13)20/h3-7,9H,8H2,1-2H3,(H,21,23,24). The Bertz CT molecular complexity index is 957. The summed E-state index contributed by atoms with van der Waals surface area (Å²) in [5, 5.41) is 11.2. The number of carbonyl (C=O) groups excluding carboxylic acids is 1. The van der Waals surface area contributed by atoms with E-state index in [0.29, 0.717) is 15.6 Å². The summed E-state index contributed by atoms with van der Waals surface area (Å²) in [5.41, 5.74) is 2.30. The number of amides is 1. The minimum Gasteiger partial charge on any atom is -0.496 e. The summed E-state index contributed by atoms with van der Waals surface area (Å²) in [6.07, 6.45) is 0.167. The summed E-state index contributed by atoms with van der Waals surface area (Å²) in [6, 6.07) is 10.4. The van der Waals surface area contributed by atoms with Crippen molar-refractivity contribution in [3.05, 3.63) is 57.6 Å². The van der Waals surface area contributed by atoms with E-state index in [1.54, 1.807) is 25.3 Å². The fourth-order valence-electron chi connectivity index (χ4n) is 2.44. The molecule has 0 bridgehead atoms. The van der Waals surface area contributed by atoms with Gasteiger partial charge in [-0.05, 0) is 42.3 Å². The smallest absolute Gasteiger partial charge is 0.322 e. The van der Waals surface area contributed by atoms with Gasteiger partial charge in [-0.25, -0.2) is 0 Å². The summed E-state index contributed by atoms with van der Waals surface area (Å²) in [5.74, 6) is 0.671. The Hall–Kier alpha value is -2.57. The maximum absolute atomic E-state index is 12.2. The number of nitrogens with zero attached hydrogens (tertiary/aromatic N) is 2. The number of carbonyl (C=O) groups is 1. The molecule has 6 nitrogen and oxygen atoms in total. The molecule has 1 amide bonds. The van der Waals surface area contributed by atoms with Crippen LogP contribution in [0.5, 0.6) is 5.75 Å². The topological polar surface area (TPSA) is 77.2 Å². The van der Waals surface area contributed by atoms with Crippen molar-refractivity contribution in [3.63, 3.8) is 0 Å². The summed E-state index contributed by atoms with van der Waals surface area (Å²) < 4.78 is 10.7. The Labute approximate surface area is 160 Å². The number of hydrogen-bond acceptors (Lipinski definition) is 5. The molecule has 0 atom stereocenters. The predicted octanol–water partition coefficient (Wildman–Crippen LogP) is 4.54. The summed E-state index contributed by atoms with van der Waals surface area (Å²) >= 11 is 12.1. The van der Waals surface area contributed by atoms with Gasteiger partial charge in [0.05, 0.1) is 24.1 Å². The minimum atomic E-state index is -0.276. The number of aryl methyl sites for hydroxylation is 1. The average Bonchev–Trinajstić information content (AvgIpc) is 3.05. The lowest BCUT2D eigenvalue weighted by atomic mass is 10.1. The first-order valence-corrected chi connectivity index (χ1v) is 8.44. The van der Waals surface area contributed by atoms with Crippen molar-refractivity contribution in [2.45, 2.75) is 13.3 Å². The molecule has 0 spiro atoms. The van der Waals surface area contributed by atoms with Gasteiger partial charge in [-0.2, -0.15) is 0 Å². The zero-order valence-corrected chi connectivity index (χ0v) is 15.6. The molecule has 3 aromatic rings. The summed E-state index contributed by atoms with van der Waals surface area (Å²) in [7, 11) is 1.61. The van der Waals surface area contributed by atoms with Crippen molar-refractivity contribution in [1.29, 1.82) is 0 Å². The van der Waals surface area contributed by atoms with E-state index in [1.165, 1.54) is 0 Å². The number of nitrogens with one attached hydrogen (secondary N) is 1. The number of benzene rings is 2. The largest absolute Gasteiger partial charge is 0.496 e. The van der Waals surface area contributed by atoms with Crippen molar-refractivity contribution in [2.24, 2.45) is 0 Å². The third-order valence-electron chi connectivity index (χ3n) is 3.65. The average molecular weight is 392 g/mol. The molecule has 0 saturated carbocycles. The van der Waals surface area contributed by atoms with Gasteiger partial charge >= 0.3 is 6.01 Å². The zero-order valence-electron chi connectivity index (χ0n) is 14.0. The van der Waals surface area contributed by atoms with Gasteiger partial charge in [0.15, 0.2) is 0 Å². The normalized spacial score (nSPS) is 10.6. The molecule has 8 heteroatoms. The van der Waals surface area contributed by atoms with E-state index < -0.39 is 0 Å². The van der Waals surface area contributed by atoms with Crippen molar-refractivity contribution < 1.29 is 13.9 Å². The molecular weight excluding hydrogens is 377 g/mol. The van der Waals surface area contributed by atoms with Gasteiger partial charge in [-0.1, -0.05) is 40.4 Å². The van der Waals surface area contributed by atoms with Gasteiger partial charge in [0.1, 0.15) is 5.75 Å². The fraction of sp³-hybridized carbons (Fsp3) is 0.167. The number of halogens is 2. The molecule has 26 heavy (non-hydrogen) atoms. The zero-order chi connectivity index (χ0) is 18.7. The third-order valence-corrected chi connectivity index (χ3v) is 4.22. The number of methoxy groups -OCH3 is 1. The fourth-order valence-corrected chi connectivity index (χ4v) is 2.81. The maximum Gasteiger partial charge on any atom is 0.322 e. The highest BCUT2D eigenvalue weighted by atomic mass is 35.5. The molecule has 1 aromatic heterocycles. The van der Waals surface area contributed by atoms with E-state index in [2.05, 4.69) is 15.5 Å². The molecule has 1 N–H and O–H groups in total. The Balaban J connectivity index is 1.70. The molecule has 0 aliphatic carbocycles. The van der Waals surface area contributed by atoms with Gasteiger partial charge in [-0.3, -0.25) is 10.1 Å². The van der Waals surface area contributed by atoms with Crippen LogP contribution in [0.2, 0.25) is 10.0 Å². The van der Waals surface area contributed by atoms with Crippen molar-refractivity contribution in [2.75, 3.05) is 12.4 Å². The summed E-state index contributed by atoms with van der Waals surface area (Å²) in [4.78, 5) is 12.2. The highest BCUT2D eigenvalue weighted by molar-refractivity contribution is 6.35. The number of aromatic nitrogens is 2. The Morgan fingerprint density at radius 1 is 1.19 bits per heavy atom. The van der Waals surface area contributed by atoms with Gasteiger partial charge < -0.3 is 9.15 Å². The van der Waals surface area contributed by atoms with E-state index in [-0.39, 0.29) is 24.2 Å². The molecule has 2 aromatic carbocycles. The van der Waals surface area contributed by atoms with Crippen LogP contribution in [0.25, 0.3) is 11.5 Å². The van der Waals surface area contributed by atoms with Crippen LogP contribution in [0.15, 0.2) is 40.8 Å². The molecule has 3 rings (SSSR count). The van der Waals surface area contributed by atoms with E-state index in [0.717, 1.165) is 16.9 Å². The second kappa shape index (κ2) is 7.76. The molecule has 0 fully saturated rings. The first-order valence-electron chi connectivity index (χ1n) is 7.68. The van der Waals surface area contributed by atoms with Crippen LogP contribution in [-0.2, 0) is 11.2 Å². The van der Waals surface area contributed by atoms with E-state index in [4.69, 9.17) is 32.4 Å². The molecule has 0 radical (unpaired) electrons. The van der Waals surface area contributed by atoms with E-state index in [9.17, 15) is 4.79 Å². The Kier molecular flexibility index (Phi) is 5.44. The minimum absolute atomic E-state index is 0.00808. The number of hydrogen-bond donors (Lipinski definition) is 1. The predicted molar refractivity (Wildman–Crippen MR) is 99.8 cm³/mol. The molecule has 134 valence electrons. The van der Waals surface area contributed by atoms with Gasteiger partial charge in [0, 0.05) is 5.02 Å². The Morgan fingerprint density at radius 3 is 2.73 bits per heavy atom. The lowest BCUT2D eigenvalue weighted by Gasteiger charge is -2.07. The second-order valence-corrected chi connectivity index (χ2v) is 6.41. The maximum atomic E-state index is 12.2. The highest BCUT2D eigenvalue weighted by Crippen LogP contribution is 2.30. The molecular formula is C18H15Cl2N3O3. The van der Waals surface area contributed by atoms with Crippen LogP contribution in [0.4, 0.5) is 6.01 Å². The van der Waals surface area contributed by atoms with E-state index in [1.807, 2.05) is 25.1 Å². The molecule has 0 aliphatic heterocycles. The number of anilines is 1. The number of rotatable bonds is 5. The second-order valence-electron chi connectivity index (χ2n) is 5.57. The number of ether oxygens (including phenoxy) is 1. The first-order chi connectivity index (χ1) is 12.5. The molecule has 0 aliphatic rings. The monoisotopic (exact) mass is 391 g/mol. The van der Waals surface area contributed by atoms with Crippen LogP contribution in [0.3, 0.4) is 0 Å². The van der Waals surface area contributed by atoms with Crippen molar-refractivity contribution in [3.8, 4) is 17.2 Å². The van der Waals surface area contributed by atoms with Crippen LogP contribution in [0.1, 0.15) is 11.1 Å². The van der Waals surface area contributed by atoms with Gasteiger partial charge in [-0.15, -0.1) is 5.10 Å².